The number of rotatable bonds is 6. The van der Waals surface area contributed by atoms with E-state index in [4.69, 9.17) is 23.2 Å². The summed E-state index contributed by atoms with van der Waals surface area (Å²) in [6.07, 6.45) is 5.76. The fourth-order valence-corrected chi connectivity index (χ4v) is 2.85. The number of likely N-dealkylation sites (N-methyl/N-ethyl adjacent to an activating group) is 1. The molecule has 2 aromatic rings. The molecular formula is C15H19Cl2N3. The second kappa shape index (κ2) is 7.11. The Bertz CT molecular complexity index is 566. The molecule has 3 nitrogen and oxygen atoms in total. The zero-order chi connectivity index (χ0) is 14.5. The molecule has 0 bridgehead atoms. The molecule has 5 heteroatoms. The predicted octanol–water partition coefficient (Wildman–Crippen LogP) is 4.10. The first-order chi connectivity index (χ1) is 9.65. The lowest BCUT2D eigenvalue weighted by Crippen LogP contribution is -2.21. The van der Waals surface area contributed by atoms with Gasteiger partial charge in [-0.15, -0.1) is 0 Å². The summed E-state index contributed by atoms with van der Waals surface area (Å²) in [6, 6.07) is 5.74. The second-order valence-corrected chi connectivity index (χ2v) is 5.59. The topological polar surface area (TPSA) is 29.9 Å². The maximum atomic E-state index is 6.29. The molecule has 108 valence electrons. The molecule has 0 aliphatic carbocycles. The minimum Gasteiger partial charge on any atom is -0.335 e. The van der Waals surface area contributed by atoms with Crippen LogP contribution in [0.2, 0.25) is 10.0 Å². The first kappa shape index (κ1) is 15.4. The third-order valence-corrected chi connectivity index (χ3v) is 3.90. The van der Waals surface area contributed by atoms with Crippen molar-refractivity contribution in [3.8, 4) is 0 Å². The van der Waals surface area contributed by atoms with Gasteiger partial charge in [0.2, 0.25) is 0 Å². The highest BCUT2D eigenvalue weighted by Crippen LogP contribution is 2.28. The Balaban J connectivity index is 2.22. The number of aryl methyl sites for hydroxylation is 1. The van der Waals surface area contributed by atoms with Gasteiger partial charge in [0.25, 0.3) is 0 Å². The molecule has 0 saturated heterocycles. The highest BCUT2D eigenvalue weighted by Gasteiger charge is 2.16. The lowest BCUT2D eigenvalue weighted by Gasteiger charge is -2.18. The maximum absolute atomic E-state index is 6.29. The summed E-state index contributed by atoms with van der Waals surface area (Å²) in [7, 11) is 1.93. The van der Waals surface area contributed by atoms with Crippen LogP contribution in [0.5, 0.6) is 0 Å². The van der Waals surface area contributed by atoms with Gasteiger partial charge in [0.1, 0.15) is 5.82 Å². The second-order valence-electron chi connectivity index (χ2n) is 4.75. The van der Waals surface area contributed by atoms with E-state index >= 15 is 0 Å². The van der Waals surface area contributed by atoms with Gasteiger partial charge in [-0.3, -0.25) is 0 Å². The van der Waals surface area contributed by atoms with Crippen LogP contribution in [-0.4, -0.2) is 16.6 Å². The van der Waals surface area contributed by atoms with Crippen molar-refractivity contribution in [2.75, 3.05) is 7.05 Å². The molecule has 1 aromatic heterocycles. The Morgan fingerprint density at radius 3 is 2.80 bits per heavy atom. The minimum absolute atomic E-state index is 0.123. The van der Waals surface area contributed by atoms with Crippen LogP contribution in [-0.2, 0) is 13.0 Å². The van der Waals surface area contributed by atoms with Crippen LogP contribution in [0.15, 0.2) is 30.6 Å². The van der Waals surface area contributed by atoms with Crippen molar-refractivity contribution in [1.29, 1.82) is 0 Å². The summed E-state index contributed by atoms with van der Waals surface area (Å²) in [5.74, 6) is 1.07. The van der Waals surface area contributed by atoms with Gasteiger partial charge in [0.05, 0.1) is 0 Å². The van der Waals surface area contributed by atoms with Crippen LogP contribution >= 0.6 is 23.2 Å². The van der Waals surface area contributed by atoms with Crippen molar-refractivity contribution < 1.29 is 0 Å². The summed E-state index contributed by atoms with van der Waals surface area (Å²) in [5, 5.41) is 4.64. The van der Waals surface area contributed by atoms with Crippen LogP contribution in [0.1, 0.15) is 30.8 Å². The van der Waals surface area contributed by atoms with Crippen LogP contribution in [0.3, 0.4) is 0 Å². The Morgan fingerprint density at radius 2 is 2.15 bits per heavy atom. The number of benzene rings is 1. The van der Waals surface area contributed by atoms with Crippen molar-refractivity contribution in [1.82, 2.24) is 14.9 Å². The Morgan fingerprint density at radius 1 is 1.35 bits per heavy atom. The van der Waals surface area contributed by atoms with Crippen molar-refractivity contribution in [3.63, 3.8) is 0 Å². The van der Waals surface area contributed by atoms with Crippen molar-refractivity contribution in [2.45, 2.75) is 32.4 Å². The van der Waals surface area contributed by atoms with Gasteiger partial charge in [-0.1, -0.05) is 36.2 Å². The van der Waals surface area contributed by atoms with Crippen molar-refractivity contribution in [3.05, 3.63) is 52.0 Å². The summed E-state index contributed by atoms with van der Waals surface area (Å²) in [6.45, 7) is 3.15. The highest BCUT2D eigenvalue weighted by molar-refractivity contribution is 6.35. The molecule has 0 fully saturated rings. The van der Waals surface area contributed by atoms with Crippen molar-refractivity contribution >= 4 is 23.2 Å². The normalized spacial score (nSPS) is 12.6. The first-order valence-electron chi connectivity index (χ1n) is 6.78. The van der Waals surface area contributed by atoms with E-state index in [0.29, 0.717) is 10.0 Å². The third-order valence-electron chi connectivity index (χ3n) is 3.34. The molecule has 0 spiro atoms. The van der Waals surface area contributed by atoms with Crippen molar-refractivity contribution in [2.24, 2.45) is 0 Å². The number of halogens is 2. The molecule has 1 heterocycles. The van der Waals surface area contributed by atoms with Crippen LogP contribution in [0.25, 0.3) is 0 Å². The average Bonchev–Trinajstić information content (AvgIpc) is 2.84. The Labute approximate surface area is 129 Å². The molecule has 1 aromatic carbocycles. The molecule has 0 saturated carbocycles. The summed E-state index contributed by atoms with van der Waals surface area (Å²) < 4.78 is 2.19. The van der Waals surface area contributed by atoms with E-state index in [1.807, 2.05) is 31.6 Å². The van der Waals surface area contributed by atoms with Gasteiger partial charge in [-0.25, -0.2) is 4.98 Å². The van der Waals surface area contributed by atoms with Crippen LogP contribution < -0.4 is 5.32 Å². The van der Waals surface area contributed by atoms with Gasteiger partial charge < -0.3 is 9.88 Å². The fourth-order valence-electron chi connectivity index (χ4n) is 2.31. The SMILES string of the molecule is CCCn1ccnc1CC(NC)c1ccc(Cl)cc1Cl. The molecule has 0 amide bonds. The van der Waals surface area contributed by atoms with Gasteiger partial charge >= 0.3 is 0 Å². The zero-order valence-electron chi connectivity index (χ0n) is 11.7. The number of nitrogens with one attached hydrogen (secondary N) is 1. The largest absolute Gasteiger partial charge is 0.335 e. The fraction of sp³-hybridized carbons (Fsp3) is 0.400. The van der Waals surface area contributed by atoms with Crippen LogP contribution in [0.4, 0.5) is 0 Å². The number of imidazole rings is 1. The molecular weight excluding hydrogens is 293 g/mol. The number of hydrogen-bond donors (Lipinski definition) is 1. The van der Waals surface area contributed by atoms with E-state index in [-0.39, 0.29) is 6.04 Å². The Kier molecular flexibility index (Phi) is 5.46. The molecule has 2 rings (SSSR count). The molecule has 1 atom stereocenters. The molecule has 1 unspecified atom stereocenters. The lowest BCUT2D eigenvalue weighted by atomic mass is 10.0. The summed E-state index contributed by atoms with van der Waals surface area (Å²) >= 11 is 12.2. The zero-order valence-corrected chi connectivity index (χ0v) is 13.2. The minimum atomic E-state index is 0.123. The molecule has 1 N–H and O–H groups in total. The molecule has 20 heavy (non-hydrogen) atoms. The number of aromatic nitrogens is 2. The van der Waals surface area contributed by atoms with Gasteiger partial charge in [0, 0.05) is 41.4 Å². The average molecular weight is 312 g/mol. The van der Waals surface area contributed by atoms with Crippen LogP contribution in [0, 0.1) is 0 Å². The predicted molar refractivity (Wildman–Crippen MR) is 84.5 cm³/mol. The van der Waals surface area contributed by atoms with Gasteiger partial charge in [0.15, 0.2) is 0 Å². The van der Waals surface area contributed by atoms with E-state index in [1.54, 1.807) is 6.07 Å². The quantitative estimate of drug-likeness (QED) is 0.870. The van der Waals surface area contributed by atoms with Gasteiger partial charge in [-0.2, -0.15) is 0 Å². The van der Waals surface area contributed by atoms with Gasteiger partial charge in [-0.05, 0) is 31.2 Å². The monoisotopic (exact) mass is 311 g/mol. The number of nitrogens with zero attached hydrogens (tertiary/aromatic N) is 2. The van der Waals surface area contributed by atoms with E-state index in [1.165, 1.54) is 0 Å². The highest BCUT2D eigenvalue weighted by atomic mass is 35.5. The molecule has 0 aliphatic rings. The number of hydrogen-bond acceptors (Lipinski definition) is 2. The smallest absolute Gasteiger partial charge is 0.110 e. The Hall–Kier alpha value is -1.03. The lowest BCUT2D eigenvalue weighted by molar-refractivity contribution is 0.543. The maximum Gasteiger partial charge on any atom is 0.110 e. The molecule has 0 aliphatic heterocycles. The standard InChI is InChI=1S/C15H19Cl2N3/c1-3-7-20-8-6-19-15(20)10-14(18-2)12-5-4-11(16)9-13(12)17/h4-6,8-9,14,18H,3,7,10H2,1-2H3. The first-order valence-corrected chi connectivity index (χ1v) is 7.53. The van der Waals surface area contributed by atoms with E-state index < -0.39 is 0 Å². The van der Waals surface area contributed by atoms with E-state index in [9.17, 15) is 0 Å². The molecule has 0 radical (unpaired) electrons. The van der Waals surface area contributed by atoms with E-state index in [0.717, 1.165) is 30.8 Å². The summed E-state index contributed by atoms with van der Waals surface area (Å²) in [4.78, 5) is 4.45. The third kappa shape index (κ3) is 3.54. The summed E-state index contributed by atoms with van der Waals surface area (Å²) in [5.41, 5.74) is 1.05. The van der Waals surface area contributed by atoms with E-state index in [2.05, 4.69) is 21.8 Å².